The molecule has 0 spiro atoms. The van der Waals surface area contributed by atoms with Crippen molar-refractivity contribution in [2.45, 2.75) is 91.0 Å². The van der Waals surface area contributed by atoms with Crippen LogP contribution in [0.3, 0.4) is 0 Å². The summed E-state index contributed by atoms with van der Waals surface area (Å²) >= 11 is 0. The molecular weight excluding hydrogens is 508 g/mol. The molecular formula is C33H52O7. The Morgan fingerprint density at radius 3 is 2.40 bits per heavy atom. The van der Waals surface area contributed by atoms with Gasteiger partial charge < -0.3 is 28.4 Å². The van der Waals surface area contributed by atoms with Crippen molar-refractivity contribution >= 4 is 5.78 Å². The van der Waals surface area contributed by atoms with Crippen molar-refractivity contribution < 1.29 is 33.2 Å². The van der Waals surface area contributed by atoms with Gasteiger partial charge in [-0.05, 0) is 81.1 Å². The first kappa shape index (κ1) is 31.6. The molecule has 7 heteroatoms. The van der Waals surface area contributed by atoms with Gasteiger partial charge in [0.05, 0.1) is 12.2 Å². The van der Waals surface area contributed by atoms with Gasteiger partial charge in [0.2, 0.25) is 0 Å². The van der Waals surface area contributed by atoms with E-state index in [-0.39, 0.29) is 42.4 Å². The molecule has 0 saturated heterocycles. The lowest BCUT2D eigenvalue weighted by Gasteiger charge is -2.57. The molecule has 0 aromatic rings. The molecule has 3 fully saturated rings. The third kappa shape index (κ3) is 5.93. The number of hydrogen-bond acceptors (Lipinski definition) is 7. The summed E-state index contributed by atoms with van der Waals surface area (Å²) in [6.07, 6.45) is 15.2. The summed E-state index contributed by atoms with van der Waals surface area (Å²) in [7, 11) is 4.92. The zero-order valence-electron chi connectivity index (χ0n) is 26.0. The van der Waals surface area contributed by atoms with E-state index in [2.05, 4.69) is 39.0 Å². The second-order valence-electron chi connectivity index (χ2n) is 13.3. The van der Waals surface area contributed by atoms with E-state index < -0.39 is 5.60 Å². The topological polar surface area (TPSA) is 72.5 Å². The molecule has 0 bridgehead atoms. The molecule has 0 aromatic carbocycles. The van der Waals surface area contributed by atoms with Gasteiger partial charge in [-0.15, -0.1) is 0 Å². The second kappa shape index (κ2) is 12.9. The summed E-state index contributed by atoms with van der Waals surface area (Å²) in [5.41, 5.74) is 2.28. The molecule has 8 atom stereocenters. The maximum Gasteiger partial charge on any atom is 0.186 e. The van der Waals surface area contributed by atoms with Gasteiger partial charge in [0.1, 0.15) is 26.0 Å². The second-order valence-corrected chi connectivity index (χ2v) is 13.3. The predicted octanol–water partition coefficient (Wildman–Crippen LogP) is 6.23. The highest BCUT2D eigenvalue weighted by Crippen LogP contribution is 2.66. The molecule has 0 amide bonds. The van der Waals surface area contributed by atoms with E-state index in [0.29, 0.717) is 30.5 Å². The van der Waals surface area contributed by atoms with E-state index in [1.807, 2.05) is 0 Å². The third-order valence-electron chi connectivity index (χ3n) is 10.8. The fourth-order valence-corrected chi connectivity index (χ4v) is 8.44. The lowest BCUT2D eigenvalue weighted by Crippen LogP contribution is -2.53. The van der Waals surface area contributed by atoms with Crippen LogP contribution in [-0.4, -0.2) is 65.3 Å². The van der Waals surface area contributed by atoms with Crippen molar-refractivity contribution in [3.8, 4) is 0 Å². The van der Waals surface area contributed by atoms with Crippen molar-refractivity contribution in [1.82, 2.24) is 0 Å². The van der Waals surface area contributed by atoms with E-state index in [9.17, 15) is 4.79 Å². The average molecular weight is 561 g/mol. The summed E-state index contributed by atoms with van der Waals surface area (Å²) in [5, 5.41) is 0. The number of carbonyl (C=O) groups excluding carboxylic acids is 1. The minimum atomic E-state index is -0.895. The van der Waals surface area contributed by atoms with Gasteiger partial charge in [0.25, 0.3) is 0 Å². The Morgan fingerprint density at radius 2 is 1.70 bits per heavy atom. The van der Waals surface area contributed by atoms with Gasteiger partial charge in [0, 0.05) is 33.2 Å². The molecule has 40 heavy (non-hydrogen) atoms. The SMILES string of the molecule is COCO[C@@H]1CC2=CC=C3[C@@H]4CC[C@H]([C@H](C)/C=C/C(=O)C(C)(C)OCOC)[C@@]4(C)CC[C@@H]3[C@@]2(C)[C@@H](OCOC)C1. The standard InChI is InChI=1S/C33H52O7/c1-22(9-14-29(34)31(2,3)40-21-37-8)26-12-13-27-25-11-10-23-17-24(38-19-35-6)18-30(39-20-36-7)33(23,5)28(25)15-16-32(26,27)4/h9-11,14,22,24,26-28,30H,12-13,15-21H2,1-8H3/b14-9+/t22-,24-,26-,27+,28+,30+,32-,33+/m1/s1. The Balaban J connectivity index is 1.54. The van der Waals surface area contributed by atoms with Gasteiger partial charge in [-0.3, -0.25) is 4.79 Å². The third-order valence-corrected chi connectivity index (χ3v) is 10.8. The van der Waals surface area contributed by atoms with E-state index in [0.717, 1.165) is 19.3 Å². The number of ether oxygens (including phenoxy) is 6. The van der Waals surface area contributed by atoms with Crippen molar-refractivity contribution in [3.63, 3.8) is 0 Å². The van der Waals surface area contributed by atoms with Crippen LogP contribution in [0.4, 0.5) is 0 Å². The zero-order valence-corrected chi connectivity index (χ0v) is 26.0. The Hall–Kier alpha value is -1.35. The normalized spacial score (nSPS) is 36.5. The predicted molar refractivity (Wildman–Crippen MR) is 154 cm³/mol. The van der Waals surface area contributed by atoms with Crippen molar-refractivity contribution in [3.05, 3.63) is 35.5 Å². The first-order valence-corrected chi connectivity index (χ1v) is 15.0. The highest BCUT2D eigenvalue weighted by atomic mass is 16.7. The number of hydrogen-bond donors (Lipinski definition) is 0. The minimum absolute atomic E-state index is 0.0208. The van der Waals surface area contributed by atoms with Crippen LogP contribution in [0.25, 0.3) is 0 Å². The molecule has 0 N–H and O–H groups in total. The molecule has 7 nitrogen and oxygen atoms in total. The minimum Gasteiger partial charge on any atom is -0.359 e. The van der Waals surface area contributed by atoms with Gasteiger partial charge in [-0.1, -0.05) is 50.1 Å². The monoisotopic (exact) mass is 560 g/mol. The highest BCUT2D eigenvalue weighted by Gasteiger charge is 2.59. The van der Waals surface area contributed by atoms with Crippen LogP contribution in [0.1, 0.15) is 73.1 Å². The number of fused-ring (bicyclic) bond motifs is 5. The lowest BCUT2D eigenvalue weighted by atomic mass is 9.49. The van der Waals surface area contributed by atoms with Crippen LogP contribution >= 0.6 is 0 Å². The van der Waals surface area contributed by atoms with Crippen molar-refractivity contribution in [2.75, 3.05) is 41.7 Å². The Bertz CT molecular complexity index is 983. The van der Waals surface area contributed by atoms with Crippen LogP contribution in [0.5, 0.6) is 0 Å². The molecule has 0 radical (unpaired) electrons. The van der Waals surface area contributed by atoms with E-state index in [1.165, 1.54) is 24.8 Å². The van der Waals surface area contributed by atoms with Gasteiger partial charge >= 0.3 is 0 Å². The maximum absolute atomic E-state index is 12.9. The number of methoxy groups -OCH3 is 3. The summed E-state index contributed by atoms with van der Waals surface area (Å²) in [5.74, 6) is 1.83. The molecule has 0 heterocycles. The van der Waals surface area contributed by atoms with Gasteiger partial charge in [-0.25, -0.2) is 0 Å². The van der Waals surface area contributed by atoms with Crippen LogP contribution in [0.15, 0.2) is 35.5 Å². The summed E-state index contributed by atoms with van der Waals surface area (Å²) in [6, 6.07) is 0. The maximum atomic E-state index is 12.9. The molecule has 0 aromatic heterocycles. The van der Waals surface area contributed by atoms with E-state index in [1.54, 1.807) is 46.8 Å². The molecule has 4 aliphatic carbocycles. The smallest absolute Gasteiger partial charge is 0.186 e. The lowest BCUT2D eigenvalue weighted by molar-refractivity contribution is -0.163. The fourth-order valence-electron chi connectivity index (χ4n) is 8.44. The number of carbonyl (C=O) groups is 1. The zero-order chi connectivity index (χ0) is 29.1. The van der Waals surface area contributed by atoms with Gasteiger partial charge in [-0.2, -0.15) is 0 Å². The van der Waals surface area contributed by atoms with Crippen LogP contribution in [0, 0.1) is 34.5 Å². The van der Waals surface area contributed by atoms with E-state index in [4.69, 9.17) is 28.4 Å². The van der Waals surface area contributed by atoms with Crippen LogP contribution < -0.4 is 0 Å². The molecule has 226 valence electrons. The average Bonchev–Trinajstić information content (AvgIpc) is 3.29. The Kier molecular flexibility index (Phi) is 10.2. The Morgan fingerprint density at radius 1 is 1.00 bits per heavy atom. The first-order chi connectivity index (χ1) is 19.0. The Labute approximate surface area is 241 Å². The van der Waals surface area contributed by atoms with Crippen LogP contribution in [0.2, 0.25) is 0 Å². The molecule has 4 aliphatic rings. The molecule has 3 saturated carbocycles. The molecule has 0 aliphatic heterocycles. The number of ketones is 1. The summed E-state index contributed by atoms with van der Waals surface area (Å²) < 4.78 is 33.6. The quantitative estimate of drug-likeness (QED) is 0.195. The van der Waals surface area contributed by atoms with Crippen molar-refractivity contribution in [1.29, 1.82) is 0 Å². The molecule has 0 unspecified atom stereocenters. The van der Waals surface area contributed by atoms with Crippen molar-refractivity contribution in [2.24, 2.45) is 34.5 Å². The first-order valence-electron chi connectivity index (χ1n) is 15.0. The highest BCUT2D eigenvalue weighted by molar-refractivity contribution is 5.96. The summed E-state index contributed by atoms with van der Waals surface area (Å²) in [6.45, 7) is 11.5. The van der Waals surface area contributed by atoms with Crippen LogP contribution in [-0.2, 0) is 33.2 Å². The largest absolute Gasteiger partial charge is 0.359 e. The number of rotatable bonds is 13. The summed E-state index contributed by atoms with van der Waals surface area (Å²) in [4.78, 5) is 12.9. The van der Waals surface area contributed by atoms with Gasteiger partial charge in [0.15, 0.2) is 5.78 Å². The van der Waals surface area contributed by atoms with E-state index >= 15 is 0 Å². The molecule has 4 rings (SSSR count). The fraction of sp³-hybridized carbons (Fsp3) is 0.788. The number of allylic oxidation sites excluding steroid dienone is 4.